The van der Waals surface area contributed by atoms with Gasteiger partial charge in [0.2, 0.25) is 12.2 Å². The quantitative estimate of drug-likeness (QED) is 0.126. The Morgan fingerprint density at radius 3 is 2.16 bits per heavy atom. The molecule has 0 spiro atoms. The minimum Gasteiger partial charge on any atom is -0.348 e. The standard InChI is InChI=1S/C28H20Cl3F6N3O5/c1-44-26(45-2)25(43)40-22-17(33)7-8-18(21(22)34)39-23(41)13-10-12(4-5-15(13)29)38-24(42)20-19(27(20,30)31)11-3-6-16(32)14(9-11)28(35,36)37/h3-10,19-20,26H,1-2H3,(H,38,42)(H,39,41)(H,40,43)/t19-,20+/m0/s1. The van der Waals surface area contributed by atoms with Crippen molar-refractivity contribution in [1.82, 2.24) is 0 Å². The first kappa shape index (κ1) is 34.3. The fraction of sp³-hybridized carbons (Fsp3) is 0.250. The largest absolute Gasteiger partial charge is 0.419 e. The minimum atomic E-state index is -5.00. The van der Waals surface area contributed by atoms with Crippen LogP contribution in [0.1, 0.15) is 27.4 Å². The Morgan fingerprint density at radius 1 is 0.889 bits per heavy atom. The predicted octanol–water partition coefficient (Wildman–Crippen LogP) is 7.11. The van der Waals surface area contributed by atoms with E-state index < -0.39 is 80.7 Å². The summed E-state index contributed by atoms with van der Waals surface area (Å²) < 4.78 is 90.4. The van der Waals surface area contributed by atoms with Crippen LogP contribution in [-0.2, 0) is 25.2 Å². The van der Waals surface area contributed by atoms with Crippen molar-refractivity contribution in [3.63, 3.8) is 0 Å². The third-order valence-electron chi connectivity index (χ3n) is 6.70. The van der Waals surface area contributed by atoms with Crippen molar-refractivity contribution in [1.29, 1.82) is 0 Å². The summed E-state index contributed by atoms with van der Waals surface area (Å²) in [4.78, 5) is 38.2. The first-order valence-electron chi connectivity index (χ1n) is 12.5. The third kappa shape index (κ3) is 7.15. The summed E-state index contributed by atoms with van der Waals surface area (Å²) in [5.41, 5.74) is -3.45. The number of hydrogen-bond acceptors (Lipinski definition) is 5. The van der Waals surface area contributed by atoms with E-state index in [-0.39, 0.29) is 21.8 Å². The molecular formula is C28H20Cl3F6N3O5. The lowest BCUT2D eigenvalue weighted by Crippen LogP contribution is -2.31. The Kier molecular flexibility index (Phi) is 9.95. The lowest BCUT2D eigenvalue weighted by Gasteiger charge is -2.16. The molecule has 0 bridgehead atoms. The second kappa shape index (κ2) is 13.0. The minimum absolute atomic E-state index is 0.0304. The first-order valence-corrected chi connectivity index (χ1v) is 13.6. The van der Waals surface area contributed by atoms with Gasteiger partial charge in [-0.05, 0) is 48.0 Å². The number of methoxy groups -OCH3 is 2. The molecule has 1 saturated carbocycles. The Morgan fingerprint density at radius 2 is 1.53 bits per heavy atom. The first-order chi connectivity index (χ1) is 21.0. The van der Waals surface area contributed by atoms with Crippen LogP contribution in [0, 0.1) is 23.4 Å². The van der Waals surface area contributed by atoms with Crippen molar-refractivity contribution < 1.29 is 50.2 Å². The van der Waals surface area contributed by atoms with Crippen molar-refractivity contribution in [3.05, 3.63) is 87.7 Å². The lowest BCUT2D eigenvalue weighted by atomic mass is 10.0. The van der Waals surface area contributed by atoms with E-state index in [1.165, 1.54) is 12.1 Å². The van der Waals surface area contributed by atoms with Gasteiger partial charge in [-0.25, -0.2) is 13.2 Å². The highest BCUT2D eigenvalue weighted by atomic mass is 35.5. The Balaban J connectivity index is 1.52. The lowest BCUT2D eigenvalue weighted by molar-refractivity contribution is -0.153. The molecule has 17 heteroatoms. The highest BCUT2D eigenvalue weighted by Crippen LogP contribution is 2.65. The molecular weight excluding hydrogens is 679 g/mol. The zero-order chi connectivity index (χ0) is 33.4. The maximum atomic E-state index is 15.1. The van der Waals surface area contributed by atoms with Gasteiger partial charge in [0.15, 0.2) is 5.82 Å². The van der Waals surface area contributed by atoms with E-state index in [9.17, 15) is 36.3 Å². The average Bonchev–Trinajstić information content (AvgIpc) is 3.55. The predicted molar refractivity (Wildman–Crippen MR) is 153 cm³/mol. The van der Waals surface area contributed by atoms with Gasteiger partial charge in [0.05, 0.1) is 27.8 Å². The molecule has 0 aliphatic heterocycles. The Labute approximate surface area is 265 Å². The fourth-order valence-electron chi connectivity index (χ4n) is 4.46. The van der Waals surface area contributed by atoms with Crippen LogP contribution in [0.25, 0.3) is 0 Å². The van der Waals surface area contributed by atoms with Crippen molar-refractivity contribution >= 4 is 69.6 Å². The smallest absolute Gasteiger partial charge is 0.348 e. The molecule has 0 saturated heterocycles. The number of benzene rings is 3. The number of alkyl halides is 5. The van der Waals surface area contributed by atoms with Crippen LogP contribution in [0.4, 0.5) is 43.4 Å². The molecule has 4 rings (SSSR count). The topological polar surface area (TPSA) is 106 Å². The van der Waals surface area contributed by atoms with E-state index >= 15 is 4.39 Å². The number of halogens is 9. The van der Waals surface area contributed by atoms with Crippen molar-refractivity contribution in [2.24, 2.45) is 5.92 Å². The van der Waals surface area contributed by atoms with Gasteiger partial charge in [-0.1, -0.05) is 17.7 Å². The number of nitrogens with one attached hydrogen (secondary N) is 3. The number of amides is 3. The number of ether oxygens (including phenoxy) is 2. The Bertz CT molecular complexity index is 1670. The molecule has 0 unspecified atom stereocenters. The fourth-order valence-corrected chi connectivity index (χ4v) is 5.50. The summed E-state index contributed by atoms with van der Waals surface area (Å²) in [6.45, 7) is 0. The van der Waals surface area contributed by atoms with Gasteiger partial charge in [0.25, 0.3) is 11.8 Å². The molecule has 8 nitrogen and oxygen atoms in total. The summed E-state index contributed by atoms with van der Waals surface area (Å²) in [6, 6.07) is 7.40. The maximum Gasteiger partial charge on any atom is 0.419 e. The van der Waals surface area contributed by atoms with E-state index in [1.807, 2.05) is 5.32 Å². The summed E-state index contributed by atoms with van der Waals surface area (Å²) in [7, 11) is 2.25. The Hall–Kier alpha value is -3.56. The molecule has 3 aromatic rings. The number of carbonyl (C=O) groups is 3. The zero-order valence-corrected chi connectivity index (χ0v) is 25.1. The molecule has 0 radical (unpaired) electrons. The average molecular weight is 699 g/mol. The molecule has 0 aromatic heterocycles. The normalized spacial score (nSPS) is 17.2. The van der Waals surface area contributed by atoms with Crippen LogP contribution in [0.3, 0.4) is 0 Å². The van der Waals surface area contributed by atoms with Gasteiger partial charge in [-0.2, -0.15) is 13.2 Å². The van der Waals surface area contributed by atoms with E-state index in [0.29, 0.717) is 12.1 Å². The maximum absolute atomic E-state index is 15.1. The molecule has 0 heterocycles. The molecule has 45 heavy (non-hydrogen) atoms. The summed E-state index contributed by atoms with van der Waals surface area (Å²) >= 11 is 18.6. The van der Waals surface area contributed by atoms with Gasteiger partial charge in [0, 0.05) is 25.8 Å². The number of hydrogen-bond donors (Lipinski definition) is 3. The molecule has 3 N–H and O–H groups in total. The van der Waals surface area contributed by atoms with Crippen LogP contribution in [0.5, 0.6) is 0 Å². The molecule has 1 aliphatic carbocycles. The van der Waals surface area contributed by atoms with Crippen LogP contribution in [-0.4, -0.2) is 42.6 Å². The van der Waals surface area contributed by atoms with E-state index in [2.05, 4.69) is 10.6 Å². The van der Waals surface area contributed by atoms with Crippen molar-refractivity contribution in [2.45, 2.75) is 22.7 Å². The third-order valence-corrected chi connectivity index (χ3v) is 7.97. The van der Waals surface area contributed by atoms with E-state index in [0.717, 1.165) is 38.5 Å². The number of carbonyl (C=O) groups excluding carboxylic acids is 3. The second-order valence-corrected chi connectivity index (χ2v) is 11.4. The van der Waals surface area contributed by atoms with Gasteiger partial charge in [-0.15, -0.1) is 23.2 Å². The van der Waals surface area contributed by atoms with Gasteiger partial charge in [-0.3, -0.25) is 14.4 Å². The molecule has 3 aromatic carbocycles. The van der Waals surface area contributed by atoms with Crippen LogP contribution >= 0.6 is 34.8 Å². The van der Waals surface area contributed by atoms with Crippen molar-refractivity contribution in [2.75, 3.05) is 30.2 Å². The second-order valence-electron chi connectivity index (χ2n) is 9.58. The van der Waals surface area contributed by atoms with Crippen LogP contribution in [0.15, 0.2) is 48.5 Å². The number of rotatable bonds is 9. The van der Waals surface area contributed by atoms with Gasteiger partial charge >= 0.3 is 6.18 Å². The van der Waals surface area contributed by atoms with Gasteiger partial charge in [0.1, 0.15) is 21.7 Å². The monoisotopic (exact) mass is 697 g/mol. The molecule has 1 fully saturated rings. The van der Waals surface area contributed by atoms with Crippen LogP contribution < -0.4 is 16.0 Å². The van der Waals surface area contributed by atoms with E-state index in [1.54, 1.807) is 0 Å². The van der Waals surface area contributed by atoms with Gasteiger partial charge < -0.3 is 25.4 Å². The number of anilines is 3. The highest BCUT2D eigenvalue weighted by Gasteiger charge is 2.67. The SMILES string of the molecule is COC(OC)C(=O)Nc1c(F)ccc(NC(=O)c2cc(NC(=O)[C@H]3[C@H](c4ccc(F)c(C(F)(F)F)c4)C3(Cl)Cl)ccc2Cl)c1F. The molecule has 3 amide bonds. The van der Waals surface area contributed by atoms with Crippen molar-refractivity contribution in [3.8, 4) is 0 Å². The summed E-state index contributed by atoms with van der Waals surface area (Å²) in [6.07, 6.45) is -6.49. The highest BCUT2D eigenvalue weighted by molar-refractivity contribution is 6.53. The molecule has 240 valence electrons. The summed E-state index contributed by atoms with van der Waals surface area (Å²) in [5, 5.41) is 6.44. The zero-order valence-electron chi connectivity index (χ0n) is 22.8. The van der Waals surface area contributed by atoms with E-state index in [4.69, 9.17) is 44.3 Å². The van der Waals surface area contributed by atoms with Crippen LogP contribution in [0.2, 0.25) is 5.02 Å². The summed E-state index contributed by atoms with van der Waals surface area (Å²) in [5.74, 6) is -9.31. The molecule has 1 aliphatic rings. The molecule has 2 atom stereocenters.